The average Bonchev–Trinajstić information content (AvgIpc) is 2.28. The Morgan fingerprint density at radius 3 is 2.65 bits per heavy atom. The van der Waals surface area contributed by atoms with E-state index in [9.17, 15) is 4.79 Å². The molecule has 0 aromatic heterocycles. The third kappa shape index (κ3) is 4.59. The van der Waals surface area contributed by atoms with Crippen LogP contribution in [0, 0.1) is 6.92 Å². The highest BCUT2D eigenvalue weighted by atomic mass is 16.1. The van der Waals surface area contributed by atoms with Crippen LogP contribution in [-0.2, 0) is 11.2 Å². The van der Waals surface area contributed by atoms with E-state index in [1.54, 1.807) is 0 Å². The van der Waals surface area contributed by atoms with Crippen molar-refractivity contribution < 1.29 is 4.79 Å². The maximum Gasteiger partial charge on any atom is 0.224 e. The first-order chi connectivity index (χ1) is 8.17. The molecular weight excluding hydrogens is 210 g/mol. The number of carbonyl (C=O) groups excluding carboxylic acids is 1. The summed E-state index contributed by atoms with van der Waals surface area (Å²) in [5.74, 6) is 0.121. The SMILES string of the molecule is CCCCc1ccc(C)cc1NC(=O)CCC. The van der Waals surface area contributed by atoms with Gasteiger partial charge in [-0.05, 0) is 43.4 Å². The van der Waals surface area contributed by atoms with Crippen molar-refractivity contribution in [1.29, 1.82) is 0 Å². The van der Waals surface area contributed by atoms with E-state index in [4.69, 9.17) is 0 Å². The predicted molar refractivity (Wildman–Crippen MR) is 73.3 cm³/mol. The van der Waals surface area contributed by atoms with Crippen LogP contribution in [0.2, 0.25) is 0 Å². The van der Waals surface area contributed by atoms with Gasteiger partial charge in [0.25, 0.3) is 0 Å². The van der Waals surface area contributed by atoms with Gasteiger partial charge in [-0.3, -0.25) is 4.79 Å². The van der Waals surface area contributed by atoms with Crippen LogP contribution in [0.15, 0.2) is 18.2 Å². The zero-order chi connectivity index (χ0) is 12.7. The molecule has 0 spiro atoms. The molecule has 0 bridgehead atoms. The van der Waals surface area contributed by atoms with Crippen molar-refractivity contribution in [2.75, 3.05) is 5.32 Å². The van der Waals surface area contributed by atoms with Gasteiger partial charge in [-0.25, -0.2) is 0 Å². The number of unbranched alkanes of at least 4 members (excludes halogenated alkanes) is 1. The largest absolute Gasteiger partial charge is 0.326 e. The van der Waals surface area contributed by atoms with Crippen LogP contribution in [0.3, 0.4) is 0 Å². The lowest BCUT2D eigenvalue weighted by molar-refractivity contribution is -0.116. The molecule has 94 valence electrons. The fourth-order valence-corrected chi connectivity index (χ4v) is 1.83. The van der Waals surface area contributed by atoms with Gasteiger partial charge >= 0.3 is 0 Å². The van der Waals surface area contributed by atoms with Crippen molar-refractivity contribution in [3.63, 3.8) is 0 Å². The fraction of sp³-hybridized carbons (Fsp3) is 0.533. The number of hydrogen-bond acceptors (Lipinski definition) is 1. The number of carbonyl (C=O) groups is 1. The lowest BCUT2D eigenvalue weighted by atomic mass is 10.0. The highest BCUT2D eigenvalue weighted by Gasteiger charge is 2.06. The minimum atomic E-state index is 0.121. The first kappa shape index (κ1) is 13.8. The zero-order valence-corrected chi connectivity index (χ0v) is 11.2. The number of aryl methyl sites for hydroxylation is 2. The number of anilines is 1. The summed E-state index contributed by atoms with van der Waals surface area (Å²) in [6.07, 6.45) is 4.87. The van der Waals surface area contributed by atoms with E-state index in [2.05, 4.69) is 37.4 Å². The molecule has 17 heavy (non-hydrogen) atoms. The van der Waals surface area contributed by atoms with Crippen molar-refractivity contribution in [1.82, 2.24) is 0 Å². The summed E-state index contributed by atoms with van der Waals surface area (Å²) in [4.78, 5) is 11.6. The van der Waals surface area contributed by atoms with Gasteiger partial charge in [0.1, 0.15) is 0 Å². The Kier molecular flexibility index (Phi) is 5.75. The second-order valence-corrected chi connectivity index (χ2v) is 4.56. The highest BCUT2D eigenvalue weighted by Crippen LogP contribution is 2.20. The van der Waals surface area contributed by atoms with E-state index in [1.807, 2.05) is 6.92 Å². The number of rotatable bonds is 6. The molecule has 2 nitrogen and oxygen atoms in total. The third-order valence-electron chi connectivity index (χ3n) is 2.82. The predicted octanol–water partition coefficient (Wildman–Crippen LogP) is 4.08. The molecule has 1 aromatic rings. The van der Waals surface area contributed by atoms with Gasteiger partial charge < -0.3 is 5.32 Å². The fourth-order valence-electron chi connectivity index (χ4n) is 1.83. The number of hydrogen-bond donors (Lipinski definition) is 1. The molecule has 1 amide bonds. The topological polar surface area (TPSA) is 29.1 Å². The van der Waals surface area contributed by atoms with Crippen LogP contribution in [0.5, 0.6) is 0 Å². The summed E-state index contributed by atoms with van der Waals surface area (Å²) in [5, 5.41) is 3.02. The summed E-state index contributed by atoms with van der Waals surface area (Å²) < 4.78 is 0. The third-order valence-corrected chi connectivity index (χ3v) is 2.82. The number of benzene rings is 1. The quantitative estimate of drug-likeness (QED) is 0.788. The van der Waals surface area contributed by atoms with Crippen molar-refractivity contribution >= 4 is 11.6 Å². The van der Waals surface area contributed by atoms with Crippen LogP contribution in [0.25, 0.3) is 0 Å². The van der Waals surface area contributed by atoms with Gasteiger partial charge in [0.15, 0.2) is 0 Å². The monoisotopic (exact) mass is 233 g/mol. The van der Waals surface area contributed by atoms with Crippen molar-refractivity contribution in [2.45, 2.75) is 52.9 Å². The summed E-state index contributed by atoms with van der Waals surface area (Å²) >= 11 is 0. The van der Waals surface area contributed by atoms with Crippen molar-refractivity contribution in [2.24, 2.45) is 0 Å². The molecule has 2 heteroatoms. The maximum atomic E-state index is 11.6. The second-order valence-electron chi connectivity index (χ2n) is 4.56. The molecule has 0 saturated carbocycles. The standard InChI is InChI=1S/C15H23NO/c1-4-6-8-13-10-9-12(3)11-14(13)16-15(17)7-5-2/h9-11H,4-8H2,1-3H3,(H,16,17). The van der Waals surface area contributed by atoms with E-state index in [-0.39, 0.29) is 5.91 Å². The Labute approximate surface area is 104 Å². The average molecular weight is 233 g/mol. The van der Waals surface area contributed by atoms with Gasteiger partial charge in [0, 0.05) is 12.1 Å². The molecule has 1 N–H and O–H groups in total. The Bertz CT molecular complexity index is 371. The van der Waals surface area contributed by atoms with Crippen molar-refractivity contribution in [3.8, 4) is 0 Å². The summed E-state index contributed by atoms with van der Waals surface area (Å²) in [7, 11) is 0. The van der Waals surface area contributed by atoms with Gasteiger partial charge in [-0.2, -0.15) is 0 Å². The minimum absolute atomic E-state index is 0.121. The summed E-state index contributed by atoms with van der Waals surface area (Å²) in [6.45, 7) is 6.26. The molecular formula is C15H23NO. The zero-order valence-electron chi connectivity index (χ0n) is 11.2. The number of nitrogens with one attached hydrogen (secondary N) is 1. The first-order valence-corrected chi connectivity index (χ1v) is 6.56. The summed E-state index contributed by atoms with van der Waals surface area (Å²) in [5.41, 5.74) is 3.44. The molecule has 0 unspecified atom stereocenters. The van der Waals surface area contributed by atoms with E-state index in [1.165, 1.54) is 24.0 Å². The minimum Gasteiger partial charge on any atom is -0.326 e. The number of amides is 1. The van der Waals surface area contributed by atoms with Crippen LogP contribution in [0.4, 0.5) is 5.69 Å². The Morgan fingerprint density at radius 2 is 2.00 bits per heavy atom. The van der Waals surface area contributed by atoms with Gasteiger partial charge in [-0.1, -0.05) is 32.4 Å². The molecule has 0 aliphatic carbocycles. The van der Waals surface area contributed by atoms with Crippen LogP contribution >= 0.6 is 0 Å². The molecule has 0 fully saturated rings. The van der Waals surface area contributed by atoms with E-state index in [0.717, 1.165) is 18.5 Å². The Hall–Kier alpha value is -1.31. The van der Waals surface area contributed by atoms with Crippen LogP contribution in [-0.4, -0.2) is 5.91 Å². The van der Waals surface area contributed by atoms with Crippen LogP contribution < -0.4 is 5.32 Å². The Morgan fingerprint density at radius 1 is 1.24 bits per heavy atom. The molecule has 0 aliphatic rings. The van der Waals surface area contributed by atoms with E-state index in [0.29, 0.717) is 6.42 Å². The molecule has 0 radical (unpaired) electrons. The smallest absolute Gasteiger partial charge is 0.224 e. The normalized spacial score (nSPS) is 10.3. The highest BCUT2D eigenvalue weighted by molar-refractivity contribution is 5.91. The molecule has 0 heterocycles. The molecule has 1 rings (SSSR count). The molecule has 0 saturated heterocycles. The first-order valence-electron chi connectivity index (χ1n) is 6.56. The Balaban J connectivity index is 2.79. The molecule has 0 aliphatic heterocycles. The van der Waals surface area contributed by atoms with Crippen LogP contribution in [0.1, 0.15) is 50.7 Å². The molecule has 0 atom stereocenters. The molecule has 1 aromatic carbocycles. The van der Waals surface area contributed by atoms with Gasteiger partial charge in [-0.15, -0.1) is 0 Å². The van der Waals surface area contributed by atoms with E-state index >= 15 is 0 Å². The van der Waals surface area contributed by atoms with Gasteiger partial charge in [0.2, 0.25) is 5.91 Å². The lowest BCUT2D eigenvalue weighted by Gasteiger charge is -2.11. The maximum absolute atomic E-state index is 11.6. The van der Waals surface area contributed by atoms with Gasteiger partial charge in [0.05, 0.1) is 0 Å². The lowest BCUT2D eigenvalue weighted by Crippen LogP contribution is -2.12. The van der Waals surface area contributed by atoms with E-state index < -0.39 is 0 Å². The summed E-state index contributed by atoms with van der Waals surface area (Å²) in [6, 6.07) is 6.31. The van der Waals surface area contributed by atoms with Crippen molar-refractivity contribution in [3.05, 3.63) is 29.3 Å². The second kappa shape index (κ2) is 7.10.